The highest BCUT2D eigenvalue weighted by Crippen LogP contribution is 2.34. The predicted octanol–water partition coefficient (Wildman–Crippen LogP) is 3.00. The molecule has 0 aromatic heterocycles. The van der Waals surface area contributed by atoms with Crippen LogP contribution in [-0.4, -0.2) is 35.6 Å². The first-order valence-electron chi connectivity index (χ1n) is 7.43. The van der Waals surface area contributed by atoms with E-state index in [-0.39, 0.29) is 0 Å². The number of hydrogen-bond donors (Lipinski definition) is 1. The summed E-state index contributed by atoms with van der Waals surface area (Å²) in [6.45, 7) is 7.26. The second kappa shape index (κ2) is 5.60. The Balaban J connectivity index is 1.68. The van der Waals surface area contributed by atoms with Crippen LogP contribution in [0.15, 0.2) is 0 Å². The van der Waals surface area contributed by atoms with Crippen molar-refractivity contribution in [2.24, 2.45) is 17.3 Å². The van der Waals surface area contributed by atoms with Crippen LogP contribution in [0.25, 0.3) is 0 Å². The Morgan fingerprint density at radius 2 is 1.67 bits per heavy atom. The minimum atomic E-state index is -0.668. The van der Waals surface area contributed by atoms with E-state index in [0.29, 0.717) is 0 Å². The normalized spacial score (nSPS) is 20.4. The van der Waals surface area contributed by atoms with E-state index in [9.17, 15) is 4.79 Å². The molecule has 3 heteroatoms. The zero-order valence-corrected chi connectivity index (χ0v) is 11.8. The number of hydrogen-bond acceptors (Lipinski definition) is 2. The van der Waals surface area contributed by atoms with Crippen LogP contribution in [0.3, 0.4) is 0 Å². The molecule has 0 aliphatic heterocycles. The third-order valence-corrected chi connectivity index (χ3v) is 4.28. The van der Waals surface area contributed by atoms with Gasteiger partial charge >= 0.3 is 5.97 Å². The van der Waals surface area contributed by atoms with E-state index in [0.717, 1.165) is 31.2 Å². The molecule has 2 aliphatic rings. The van der Waals surface area contributed by atoms with Gasteiger partial charge in [0.15, 0.2) is 0 Å². The molecule has 0 aromatic rings. The van der Waals surface area contributed by atoms with Crippen molar-refractivity contribution >= 4 is 5.97 Å². The molecule has 2 rings (SSSR count). The molecule has 3 nitrogen and oxygen atoms in total. The van der Waals surface area contributed by atoms with Crippen molar-refractivity contribution in [3.63, 3.8) is 0 Å². The molecule has 0 unspecified atom stereocenters. The van der Waals surface area contributed by atoms with Gasteiger partial charge in [0.25, 0.3) is 0 Å². The van der Waals surface area contributed by atoms with Crippen molar-refractivity contribution in [1.29, 1.82) is 0 Å². The zero-order valence-electron chi connectivity index (χ0n) is 11.8. The Morgan fingerprint density at radius 3 is 2.06 bits per heavy atom. The molecule has 0 bridgehead atoms. The smallest absolute Gasteiger partial charge is 0.309 e. The highest BCUT2D eigenvalue weighted by atomic mass is 16.4. The third-order valence-electron chi connectivity index (χ3n) is 4.28. The van der Waals surface area contributed by atoms with Gasteiger partial charge in [-0.1, -0.05) is 0 Å². The molecule has 2 fully saturated rings. The van der Waals surface area contributed by atoms with Gasteiger partial charge in [0.05, 0.1) is 5.41 Å². The van der Waals surface area contributed by atoms with Gasteiger partial charge in [-0.15, -0.1) is 0 Å². The lowest BCUT2D eigenvalue weighted by molar-refractivity contribution is -0.147. The Hall–Kier alpha value is -0.570. The summed E-state index contributed by atoms with van der Waals surface area (Å²) in [7, 11) is 0. The van der Waals surface area contributed by atoms with E-state index in [2.05, 4.69) is 4.90 Å². The molecule has 0 radical (unpaired) electrons. The Morgan fingerprint density at radius 1 is 1.17 bits per heavy atom. The number of carboxylic acids is 1. The Labute approximate surface area is 111 Å². The predicted molar refractivity (Wildman–Crippen MR) is 72.5 cm³/mol. The molecule has 2 saturated carbocycles. The number of rotatable bonds is 9. The molecular weight excluding hydrogens is 226 g/mol. The number of nitrogens with zero attached hydrogens (tertiary/aromatic N) is 1. The minimum Gasteiger partial charge on any atom is -0.481 e. The van der Waals surface area contributed by atoms with Crippen LogP contribution < -0.4 is 0 Å². The monoisotopic (exact) mass is 253 g/mol. The summed E-state index contributed by atoms with van der Waals surface area (Å²) < 4.78 is 0. The quantitative estimate of drug-likeness (QED) is 0.686. The fraction of sp³-hybridized carbons (Fsp3) is 0.933. The van der Waals surface area contributed by atoms with Crippen molar-refractivity contribution in [1.82, 2.24) is 4.90 Å². The third kappa shape index (κ3) is 4.60. The van der Waals surface area contributed by atoms with Gasteiger partial charge in [-0.05, 0) is 70.8 Å². The molecule has 0 heterocycles. The minimum absolute atomic E-state index is 0.565. The summed E-state index contributed by atoms with van der Waals surface area (Å²) in [5, 5.41) is 9.10. The van der Waals surface area contributed by atoms with E-state index in [1.54, 1.807) is 0 Å². The van der Waals surface area contributed by atoms with E-state index in [4.69, 9.17) is 5.11 Å². The maximum atomic E-state index is 11.1. The second-order valence-electron chi connectivity index (χ2n) is 6.94. The molecule has 104 valence electrons. The first-order chi connectivity index (χ1) is 8.47. The van der Waals surface area contributed by atoms with Crippen LogP contribution in [0, 0.1) is 17.3 Å². The lowest BCUT2D eigenvalue weighted by Gasteiger charge is -2.24. The molecular formula is C15H27NO2. The molecule has 0 atom stereocenters. The lowest BCUT2D eigenvalue weighted by Crippen LogP contribution is -2.31. The molecule has 0 aromatic carbocycles. The van der Waals surface area contributed by atoms with Crippen LogP contribution in [0.5, 0.6) is 0 Å². The largest absolute Gasteiger partial charge is 0.481 e. The number of carbonyl (C=O) groups is 1. The summed E-state index contributed by atoms with van der Waals surface area (Å²) >= 11 is 0. The molecule has 1 N–H and O–H groups in total. The SMILES string of the molecule is CC(C)(CCCN(CC1CC1)CC1CC1)C(=O)O. The van der Waals surface area contributed by atoms with Crippen molar-refractivity contribution < 1.29 is 9.90 Å². The Bertz CT molecular complexity index is 279. The molecule has 0 amide bonds. The van der Waals surface area contributed by atoms with Crippen LogP contribution in [-0.2, 0) is 4.79 Å². The van der Waals surface area contributed by atoms with Crippen molar-refractivity contribution in [3.05, 3.63) is 0 Å². The first-order valence-corrected chi connectivity index (χ1v) is 7.43. The van der Waals surface area contributed by atoms with Crippen LogP contribution >= 0.6 is 0 Å². The van der Waals surface area contributed by atoms with Crippen LogP contribution in [0.2, 0.25) is 0 Å². The maximum Gasteiger partial charge on any atom is 0.309 e. The topological polar surface area (TPSA) is 40.5 Å². The average Bonchev–Trinajstić information content (AvgIpc) is 3.12. The lowest BCUT2D eigenvalue weighted by atomic mass is 9.88. The molecule has 0 spiro atoms. The summed E-state index contributed by atoms with van der Waals surface area (Å²) in [6, 6.07) is 0. The van der Waals surface area contributed by atoms with Gasteiger partial charge in [0.2, 0.25) is 0 Å². The molecule has 18 heavy (non-hydrogen) atoms. The number of carboxylic acid groups (broad SMARTS) is 1. The van der Waals surface area contributed by atoms with Gasteiger partial charge in [0.1, 0.15) is 0 Å². The fourth-order valence-corrected chi connectivity index (χ4v) is 2.44. The maximum absolute atomic E-state index is 11.1. The first kappa shape index (κ1) is 13.9. The highest BCUT2D eigenvalue weighted by Gasteiger charge is 2.30. The zero-order chi connectivity index (χ0) is 13.2. The van der Waals surface area contributed by atoms with E-state index < -0.39 is 11.4 Å². The second-order valence-corrected chi connectivity index (χ2v) is 6.94. The summed E-state index contributed by atoms with van der Waals surface area (Å²) in [6.07, 6.45) is 7.42. The standard InChI is InChI=1S/C15H27NO2/c1-15(2,14(17)18)8-3-9-16(10-12-4-5-12)11-13-6-7-13/h12-13H,3-11H2,1-2H3,(H,17,18). The summed E-state index contributed by atoms with van der Waals surface area (Å²) in [5.41, 5.74) is -0.565. The van der Waals surface area contributed by atoms with Crippen molar-refractivity contribution in [2.75, 3.05) is 19.6 Å². The molecule has 2 aliphatic carbocycles. The number of aliphatic carboxylic acids is 1. The van der Waals surface area contributed by atoms with E-state index in [1.807, 2.05) is 13.8 Å². The van der Waals surface area contributed by atoms with Gasteiger partial charge < -0.3 is 10.0 Å². The van der Waals surface area contributed by atoms with Crippen LogP contribution in [0.4, 0.5) is 0 Å². The van der Waals surface area contributed by atoms with Gasteiger partial charge in [-0.25, -0.2) is 0 Å². The summed E-state index contributed by atoms with van der Waals surface area (Å²) in [5.74, 6) is 1.21. The highest BCUT2D eigenvalue weighted by molar-refractivity contribution is 5.73. The van der Waals surface area contributed by atoms with Crippen molar-refractivity contribution in [2.45, 2.75) is 52.4 Å². The van der Waals surface area contributed by atoms with Gasteiger partial charge in [-0.2, -0.15) is 0 Å². The van der Waals surface area contributed by atoms with Gasteiger partial charge in [0, 0.05) is 13.1 Å². The molecule has 0 saturated heterocycles. The average molecular weight is 253 g/mol. The van der Waals surface area contributed by atoms with Gasteiger partial charge in [-0.3, -0.25) is 4.79 Å². The summed E-state index contributed by atoms with van der Waals surface area (Å²) in [4.78, 5) is 13.6. The fourth-order valence-electron chi connectivity index (χ4n) is 2.44. The van der Waals surface area contributed by atoms with Crippen molar-refractivity contribution in [3.8, 4) is 0 Å². The van der Waals surface area contributed by atoms with Crippen LogP contribution in [0.1, 0.15) is 52.4 Å². The van der Waals surface area contributed by atoms with E-state index >= 15 is 0 Å². The van der Waals surface area contributed by atoms with E-state index in [1.165, 1.54) is 38.8 Å². The Kier molecular flexibility index (Phi) is 4.31.